The van der Waals surface area contributed by atoms with Crippen LogP contribution in [0.4, 0.5) is 0 Å². The molecule has 5 atom stereocenters. The van der Waals surface area contributed by atoms with Crippen LogP contribution in [0.15, 0.2) is 0 Å². The van der Waals surface area contributed by atoms with Crippen LogP contribution in [0, 0.1) is 0 Å². The summed E-state index contributed by atoms with van der Waals surface area (Å²) in [5.41, 5.74) is 0. The minimum Gasteiger partial charge on any atom is -0.389 e. The number of phosphoric acid groups is 3. The Labute approximate surface area is 130 Å². The number of phosphoric ester groups is 1. The van der Waals surface area contributed by atoms with Crippen molar-refractivity contribution in [2.45, 2.75) is 30.5 Å². The highest BCUT2D eigenvalue weighted by molar-refractivity contribution is 7.81. The molecule has 0 aromatic rings. The average Bonchev–Trinajstić information content (AvgIpc) is 2.45. The molecular weight excluding hydrogens is 389 g/mol. The van der Waals surface area contributed by atoms with Crippen molar-refractivity contribution in [3.63, 3.8) is 0 Å². The molecule has 0 aliphatic carbocycles. The van der Waals surface area contributed by atoms with Gasteiger partial charge in [0, 0.05) is 6.42 Å². The Morgan fingerprint density at radius 1 is 1.18 bits per heavy atom. The Morgan fingerprint density at radius 3 is 2.14 bits per heavy atom. The van der Waals surface area contributed by atoms with Crippen molar-refractivity contribution in [3.8, 4) is 0 Å². The zero-order valence-corrected chi connectivity index (χ0v) is 14.5. The van der Waals surface area contributed by atoms with Gasteiger partial charge < -0.3 is 29.4 Å². The number of aliphatic hydroxyl groups excluding tert-OH is 1. The largest absolute Gasteiger partial charge is 0.490 e. The summed E-state index contributed by atoms with van der Waals surface area (Å²) in [7, 11) is -16.3. The number of rotatable bonds is 7. The van der Waals surface area contributed by atoms with Gasteiger partial charge in [0.1, 0.15) is 0 Å². The molecule has 1 aliphatic rings. The van der Waals surface area contributed by atoms with E-state index in [0.29, 0.717) is 0 Å². The highest BCUT2D eigenvalue weighted by atomic mass is 32.1. The van der Waals surface area contributed by atoms with Gasteiger partial charge in [-0.3, -0.25) is 4.52 Å². The zero-order valence-electron chi connectivity index (χ0n) is 11.0. The summed E-state index contributed by atoms with van der Waals surface area (Å²) < 4.78 is 49.6. The third-order valence-corrected chi connectivity index (χ3v) is 6.65. The van der Waals surface area contributed by atoms with Gasteiger partial charge in [-0.2, -0.15) is 8.62 Å². The lowest BCUT2D eigenvalue weighted by atomic mass is 10.1. The minimum atomic E-state index is -5.58. The summed E-state index contributed by atoms with van der Waals surface area (Å²) in [6.07, 6.45) is -1.40. The van der Waals surface area contributed by atoms with Crippen LogP contribution in [0.25, 0.3) is 0 Å². The summed E-state index contributed by atoms with van der Waals surface area (Å²) in [6, 6.07) is 0. The lowest BCUT2D eigenvalue weighted by molar-refractivity contribution is -0.0404. The van der Waals surface area contributed by atoms with Crippen LogP contribution in [0.3, 0.4) is 0 Å². The standard InChI is InChI=1S/C6H15O12P3S/c1-4-2-5(7)6(22,16-4)3-15-20(11,12)18-21(13,14)17-19(8,9)10/h4-5,7,22H,2-3H2,1H3,(H,11,12)(H,13,14)(H2,8,9,10). The monoisotopic (exact) mass is 404 g/mol. The molecule has 1 heterocycles. The first-order valence-electron chi connectivity index (χ1n) is 5.51. The van der Waals surface area contributed by atoms with Gasteiger partial charge in [-0.25, -0.2) is 13.7 Å². The van der Waals surface area contributed by atoms with Crippen LogP contribution in [0.1, 0.15) is 13.3 Å². The maximum Gasteiger partial charge on any atom is 0.490 e. The second kappa shape index (κ2) is 6.89. The summed E-state index contributed by atoms with van der Waals surface area (Å²) in [5, 5.41) is 9.68. The van der Waals surface area contributed by atoms with Crippen LogP contribution < -0.4 is 0 Å². The van der Waals surface area contributed by atoms with Gasteiger partial charge in [-0.1, -0.05) is 0 Å². The highest BCUT2D eigenvalue weighted by Crippen LogP contribution is 2.66. The van der Waals surface area contributed by atoms with Crippen molar-refractivity contribution in [3.05, 3.63) is 0 Å². The molecule has 22 heavy (non-hydrogen) atoms. The molecule has 0 aromatic heterocycles. The molecule has 12 nitrogen and oxygen atoms in total. The summed E-state index contributed by atoms with van der Waals surface area (Å²) in [5.74, 6) is 0. The van der Waals surface area contributed by atoms with E-state index in [1.54, 1.807) is 6.92 Å². The van der Waals surface area contributed by atoms with E-state index in [4.69, 9.17) is 19.4 Å². The average molecular weight is 404 g/mol. The smallest absolute Gasteiger partial charge is 0.389 e. The van der Waals surface area contributed by atoms with Crippen LogP contribution in [0.5, 0.6) is 0 Å². The van der Waals surface area contributed by atoms with E-state index < -0.39 is 47.2 Å². The molecule has 132 valence electrons. The first-order chi connectivity index (χ1) is 9.64. The quantitative estimate of drug-likeness (QED) is 0.249. The second-order valence-electron chi connectivity index (χ2n) is 4.39. The van der Waals surface area contributed by atoms with Gasteiger partial charge in [0.15, 0.2) is 4.93 Å². The SMILES string of the molecule is CC1CC(O)C(S)(COP(=O)(O)OP(=O)(O)OP(=O)(O)O)O1. The van der Waals surface area contributed by atoms with E-state index in [-0.39, 0.29) is 6.42 Å². The van der Waals surface area contributed by atoms with Crippen molar-refractivity contribution in [1.29, 1.82) is 0 Å². The summed E-state index contributed by atoms with van der Waals surface area (Å²) in [6.45, 7) is 0.789. The number of ether oxygens (including phenoxy) is 1. The lowest BCUT2D eigenvalue weighted by Gasteiger charge is -2.27. The Balaban J connectivity index is 2.67. The van der Waals surface area contributed by atoms with E-state index in [1.807, 2.05) is 0 Å². The molecule has 1 rings (SSSR count). The van der Waals surface area contributed by atoms with Gasteiger partial charge in [-0.05, 0) is 6.92 Å². The van der Waals surface area contributed by atoms with E-state index >= 15 is 0 Å². The summed E-state index contributed by atoms with van der Waals surface area (Å²) in [4.78, 5) is 33.2. The van der Waals surface area contributed by atoms with E-state index in [9.17, 15) is 23.7 Å². The molecule has 1 fully saturated rings. The van der Waals surface area contributed by atoms with Crippen molar-refractivity contribution in [2.75, 3.05) is 6.61 Å². The van der Waals surface area contributed by atoms with Gasteiger partial charge in [0.05, 0.1) is 18.8 Å². The van der Waals surface area contributed by atoms with E-state index in [2.05, 4.69) is 25.8 Å². The van der Waals surface area contributed by atoms with Crippen LogP contribution in [-0.2, 0) is 31.6 Å². The van der Waals surface area contributed by atoms with Crippen molar-refractivity contribution >= 4 is 36.1 Å². The molecule has 0 spiro atoms. The molecule has 0 radical (unpaired) electrons. The fourth-order valence-corrected chi connectivity index (χ4v) is 5.08. The van der Waals surface area contributed by atoms with Gasteiger partial charge in [-0.15, -0.1) is 12.6 Å². The van der Waals surface area contributed by atoms with Crippen molar-refractivity contribution in [2.24, 2.45) is 0 Å². The molecule has 16 heteroatoms. The van der Waals surface area contributed by atoms with Gasteiger partial charge >= 0.3 is 23.5 Å². The molecular formula is C6H15O12P3S. The Hall–Kier alpha value is 0.680. The van der Waals surface area contributed by atoms with Crippen LogP contribution >= 0.6 is 36.1 Å². The van der Waals surface area contributed by atoms with Gasteiger partial charge in [0.25, 0.3) is 0 Å². The number of aliphatic hydroxyl groups is 1. The molecule has 1 saturated heterocycles. The fourth-order valence-electron chi connectivity index (χ4n) is 1.58. The van der Waals surface area contributed by atoms with Crippen LogP contribution in [0.2, 0.25) is 0 Å². The van der Waals surface area contributed by atoms with Crippen molar-refractivity contribution < 1.29 is 56.3 Å². The highest BCUT2D eigenvalue weighted by Gasteiger charge is 2.47. The van der Waals surface area contributed by atoms with E-state index in [1.165, 1.54) is 0 Å². The first-order valence-corrected chi connectivity index (χ1v) is 10.5. The molecule has 5 N–H and O–H groups in total. The maximum atomic E-state index is 11.5. The minimum absolute atomic E-state index is 0.170. The van der Waals surface area contributed by atoms with Crippen LogP contribution in [-0.4, -0.2) is 48.4 Å². The number of hydrogen-bond acceptors (Lipinski definition) is 9. The number of thiol groups is 1. The van der Waals surface area contributed by atoms with E-state index in [0.717, 1.165) is 0 Å². The molecule has 0 saturated carbocycles. The van der Waals surface area contributed by atoms with Gasteiger partial charge in [0.2, 0.25) is 0 Å². The Bertz CT molecular complexity index is 547. The Kier molecular flexibility index (Phi) is 6.49. The topological polar surface area (TPSA) is 189 Å². The maximum absolute atomic E-state index is 11.5. The molecule has 1 aliphatic heterocycles. The molecule has 0 aromatic carbocycles. The first kappa shape index (κ1) is 20.7. The fraction of sp³-hybridized carbons (Fsp3) is 1.00. The molecule has 0 bridgehead atoms. The predicted octanol–water partition coefficient (Wildman–Crippen LogP) is 0.125. The lowest BCUT2D eigenvalue weighted by Crippen LogP contribution is -2.38. The van der Waals surface area contributed by atoms with Crippen molar-refractivity contribution in [1.82, 2.24) is 0 Å². The predicted molar refractivity (Wildman–Crippen MR) is 72.7 cm³/mol. The normalized spacial score (nSPS) is 35.0. The second-order valence-corrected chi connectivity index (χ2v) is 9.57. The third-order valence-electron chi connectivity index (χ3n) is 2.33. The number of hydrogen-bond donors (Lipinski definition) is 6. The molecule has 0 amide bonds. The molecule has 5 unspecified atom stereocenters. The zero-order chi connectivity index (χ0) is 17.4. The summed E-state index contributed by atoms with van der Waals surface area (Å²) >= 11 is 3.96. The Morgan fingerprint density at radius 2 is 1.73 bits per heavy atom. The third kappa shape index (κ3) is 6.66.